The van der Waals surface area contributed by atoms with E-state index < -0.39 is 0 Å². The fraction of sp³-hybridized carbons (Fsp3) is 0.294. The number of hydrogen-bond donors (Lipinski definition) is 1. The molecule has 1 N–H and O–H groups in total. The second-order valence-corrected chi connectivity index (χ2v) is 5.92. The molecule has 0 saturated heterocycles. The minimum absolute atomic E-state index is 0.221. The molecule has 7 heteroatoms. The van der Waals surface area contributed by atoms with Crippen molar-refractivity contribution in [3.63, 3.8) is 0 Å². The van der Waals surface area contributed by atoms with Gasteiger partial charge in [0.05, 0.1) is 5.69 Å². The number of carbonyl (C=O) groups is 1. The fourth-order valence-corrected chi connectivity index (χ4v) is 2.38. The van der Waals surface area contributed by atoms with E-state index in [1.54, 1.807) is 29.4 Å². The van der Waals surface area contributed by atoms with Crippen molar-refractivity contribution >= 4 is 5.91 Å². The zero-order valence-electron chi connectivity index (χ0n) is 13.6. The molecule has 3 rings (SSSR count). The van der Waals surface area contributed by atoms with Crippen LogP contribution in [0.1, 0.15) is 35.7 Å². The molecule has 0 aliphatic rings. The Morgan fingerprint density at radius 2 is 2.25 bits per heavy atom. The SMILES string of the molecule is CC(C)Cc1cc(C(=O)NCc2cccnc2-n2ccnc2)on1. The molecule has 1 amide bonds. The molecule has 0 radical (unpaired) electrons. The number of nitrogens with one attached hydrogen (secondary N) is 1. The number of pyridine rings is 1. The Labute approximate surface area is 139 Å². The van der Waals surface area contributed by atoms with Crippen molar-refractivity contribution in [2.75, 3.05) is 0 Å². The average molecular weight is 325 g/mol. The summed E-state index contributed by atoms with van der Waals surface area (Å²) < 4.78 is 6.93. The van der Waals surface area contributed by atoms with E-state index in [1.165, 1.54) is 0 Å². The second kappa shape index (κ2) is 7.08. The lowest BCUT2D eigenvalue weighted by molar-refractivity contribution is 0.0914. The van der Waals surface area contributed by atoms with Crippen molar-refractivity contribution in [1.29, 1.82) is 0 Å². The van der Waals surface area contributed by atoms with Gasteiger partial charge in [0.25, 0.3) is 5.91 Å². The molecule has 24 heavy (non-hydrogen) atoms. The molecule has 0 aromatic carbocycles. The van der Waals surface area contributed by atoms with Crippen LogP contribution in [0.3, 0.4) is 0 Å². The summed E-state index contributed by atoms with van der Waals surface area (Å²) in [6, 6.07) is 5.43. The zero-order valence-corrected chi connectivity index (χ0v) is 13.6. The number of amides is 1. The van der Waals surface area contributed by atoms with Gasteiger partial charge in [-0.25, -0.2) is 9.97 Å². The highest BCUT2D eigenvalue weighted by atomic mass is 16.5. The Kier molecular flexibility index (Phi) is 4.69. The van der Waals surface area contributed by atoms with Crippen LogP contribution >= 0.6 is 0 Å². The topological polar surface area (TPSA) is 85.8 Å². The Hall–Kier alpha value is -2.96. The van der Waals surface area contributed by atoms with E-state index in [0.717, 1.165) is 23.5 Å². The maximum atomic E-state index is 12.2. The van der Waals surface area contributed by atoms with Crippen LogP contribution in [0.25, 0.3) is 5.82 Å². The molecular formula is C17H19N5O2. The van der Waals surface area contributed by atoms with Gasteiger partial charge in [0.2, 0.25) is 5.76 Å². The minimum atomic E-state index is -0.294. The van der Waals surface area contributed by atoms with Crippen LogP contribution < -0.4 is 5.32 Å². The first kappa shape index (κ1) is 15.9. The molecule has 3 heterocycles. The summed E-state index contributed by atoms with van der Waals surface area (Å²) in [5.74, 6) is 1.11. The highest BCUT2D eigenvalue weighted by molar-refractivity contribution is 5.91. The van der Waals surface area contributed by atoms with Crippen LogP contribution in [0.15, 0.2) is 47.6 Å². The molecule has 0 spiro atoms. The van der Waals surface area contributed by atoms with Crippen LogP contribution in [-0.4, -0.2) is 25.6 Å². The van der Waals surface area contributed by atoms with Crippen LogP contribution in [-0.2, 0) is 13.0 Å². The van der Waals surface area contributed by atoms with Crippen molar-refractivity contribution in [2.45, 2.75) is 26.8 Å². The van der Waals surface area contributed by atoms with E-state index in [-0.39, 0.29) is 11.7 Å². The summed E-state index contributed by atoms with van der Waals surface area (Å²) in [7, 11) is 0. The van der Waals surface area contributed by atoms with Gasteiger partial charge in [0, 0.05) is 36.8 Å². The van der Waals surface area contributed by atoms with Gasteiger partial charge in [-0.1, -0.05) is 25.1 Å². The Morgan fingerprint density at radius 1 is 1.38 bits per heavy atom. The van der Waals surface area contributed by atoms with Crippen LogP contribution in [0.2, 0.25) is 0 Å². The molecule has 0 saturated carbocycles. The van der Waals surface area contributed by atoms with Crippen molar-refractivity contribution in [1.82, 2.24) is 25.0 Å². The Balaban J connectivity index is 1.68. The lowest BCUT2D eigenvalue weighted by Gasteiger charge is -2.09. The molecular weight excluding hydrogens is 306 g/mol. The second-order valence-electron chi connectivity index (χ2n) is 5.92. The van der Waals surface area contributed by atoms with E-state index in [4.69, 9.17) is 4.52 Å². The summed E-state index contributed by atoms with van der Waals surface area (Å²) in [5, 5.41) is 6.77. The van der Waals surface area contributed by atoms with E-state index in [9.17, 15) is 4.79 Å². The quantitative estimate of drug-likeness (QED) is 0.752. The standard InChI is InChI=1S/C17H19N5O2/c1-12(2)8-14-9-15(24-21-14)17(23)20-10-13-4-3-5-19-16(13)22-7-6-18-11-22/h3-7,9,11-12H,8,10H2,1-2H3,(H,20,23). The molecule has 0 bridgehead atoms. The molecule has 3 aromatic heterocycles. The molecule has 0 aliphatic heterocycles. The predicted octanol–water partition coefficient (Wildman–Crippen LogP) is 2.38. The third kappa shape index (κ3) is 3.68. The van der Waals surface area contributed by atoms with Crippen LogP contribution in [0, 0.1) is 5.92 Å². The van der Waals surface area contributed by atoms with Crippen LogP contribution in [0.4, 0.5) is 0 Å². The van der Waals surface area contributed by atoms with Crippen molar-refractivity contribution in [2.24, 2.45) is 5.92 Å². The third-order valence-electron chi connectivity index (χ3n) is 3.46. The van der Waals surface area contributed by atoms with Crippen molar-refractivity contribution < 1.29 is 9.32 Å². The molecule has 3 aromatic rings. The predicted molar refractivity (Wildman–Crippen MR) is 87.6 cm³/mol. The number of imidazole rings is 1. The van der Waals surface area contributed by atoms with Gasteiger partial charge in [-0.3, -0.25) is 9.36 Å². The number of hydrogen-bond acceptors (Lipinski definition) is 5. The number of rotatable bonds is 6. The smallest absolute Gasteiger partial charge is 0.290 e. The first-order valence-electron chi connectivity index (χ1n) is 7.79. The average Bonchev–Trinajstić information content (AvgIpc) is 3.24. The molecule has 7 nitrogen and oxygen atoms in total. The Morgan fingerprint density at radius 3 is 3.00 bits per heavy atom. The van der Waals surface area contributed by atoms with Crippen LogP contribution in [0.5, 0.6) is 0 Å². The lowest BCUT2D eigenvalue weighted by Crippen LogP contribution is -2.23. The zero-order chi connectivity index (χ0) is 16.9. The number of aromatic nitrogens is 4. The number of nitrogens with zero attached hydrogens (tertiary/aromatic N) is 4. The minimum Gasteiger partial charge on any atom is -0.351 e. The Bertz CT molecular complexity index is 808. The van der Waals surface area contributed by atoms with Gasteiger partial charge >= 0.3 is 0 Å². The van der Waals surface area contributed by atoms with E-state index >= 15 is 0 Å². The normalized spacial score (nSPS) is 11.0. The summed E-state index contributed by atoms with van der Waals surface area (Å²) in [5.41, 5.74) is 1.67. The monoisotopic (exact) mass is 325 g/mol. The largest absolute Gasteiger partial charge is 0.351 e. The summed E-state index contributed by atoms with van der Waals surface area (Å²) >= 11 is 0. The molecule has 0 aliphatic carbocycles. The van der Waals surface area contributed by atoms with Gasteiger partial charge in [0.15, 0.2) is 0 Å². The lowest BCUT2D eigenvalue weighted by atomic mass is 10.1. The highest BCUT2D eigenvalue weighted by Crippen LogP contribution is 2.12. The molecule has 0 atom stereocenters. The number of carbonyl (C=O) groups excluding carboxylic acids is 1. The van der Waals surface area contributed by atoms with E-state index in [2.05, 4.69) is 34.3 Å². The van der Waals surface area contributed by atoms with Gasteiger partial charge in [0.1, 0.15) is 12.1 Å². The van der Waals surface area contributed by atoms with E-state index in [0.29, 0.717) is 12.5 Å². The van der Waals surface area contributed by atoms with Crippen molar-refractivity contribution in [3.05, 3.63) is 60.1 Å². The third-order valence-corrected chi connectivity index (χ3v) is 3.46. The van der Waals surface area contributed by atoms with Gasteiger partial charge in [-0.15, -0.1) is 0 Å². The maximum Gasteiger partial charge on any atom is 0.290 e. The molecule has 124 valence electrons. The fourth-order valence-electron chi connectivity index (χ4n) is 2.38. The first-order valence-corrected chi connectivity index (χ1v) is 7.79. The van der Waals surface area contributed by atoms with Gasteiger partial charge < -0.3 is 9.84 Å². The molecule has 0 unspecified atom stereocenters. The molecule has 0 fully saturated rings. The van der Waals surface area contributed by atoms with Gasteiger partial charge in [-0.05, 0) is 18.4 Å². The first-order chi connectivity index (χ1) is 11.6. The maximum absolute atomic E-state index is 12.2. The summed E-state index contributed by atoms with van der Waals surface area (Å²) in [6.07, 6.45) is 7.64. The highest BCUT2D eigenvalue weighted by Gasteiger charge is 2.14. The van der Waals surface area contributed by atoms with Gasteiger partial charge in [-0.2, -0.15) is 0 Å². The summed E-state index contributed by atoms with van der Waals surface area (Å²) in [6.45, 7) is 4.52. The van der Waals surface area contributed by atoms with E-state index in [1.807, 2.05) is 18.3 Å². The summed E-state index contributed by atoms with van der Waals surface area (Å²) in [4.78, 5) is 20.6. The van der Waals surface area contributed by atoms with Crippen molar-refractivity contribution in [3.8, 4) is 5.82 Å².